The molecule has 20 heteroatoms. The van der Waals surface area contributed by atoms with Gasteiger partial charge in [-0.15, -0.1) is 0 Å². The topological polar surface area (TPSA) is 262 Å². The number of aliphatic hydroxyl groups is 4. The molecule has 4 aliphatic rings. The average molecular weight is 542 g/mol. The van der Waals surface area contributed by atoms with E-state index in [2.05, 4.69) is 23.3 Å². The molecule has 8 bridgehead atoms. The van der Waals surface area contributed by atoms with Gasteiger partial charge in [0.15, 0.2) is 11.7 Å². The maximum absolute atomic E-state index is 12.2. The number of phosphoric acid groups is 2. The van der Waals surface area contributed by atoms with Crippen molar-refractivity contribution in [3.05, 3.63) is 12.7 Å². The van der Waals surface area contributed by atoms with Crippen molar-refractivity contribution in [2.75, 3.05) is 18.9 Å². The highest BCUT2D eigenvalue weighted by Gasteiger charge is 2.50. The summed E-state index contributed by atoms with van der Waals surface area (Å²) in [5, 5.41) is 41.6. The lowest BCUT2D eigenvalue weighted by molar-refractivity contribution is -0.755. The average Bonchev–Trinajstić information content (AvgIpc) is 3.41. The Bertz CT molecular complexity index is 1230. The lowest BCUT2D eigenvalue weighted by Crippen LogP contribution is -2.48. The van der Waals surface area contributed by atoms with Crippen molar-refractivity contribution in [3.8, 4) is 0 Å². The second kappa shape index (κ2) is 8.74. The highest BCUT2D eigenvalue weighted by Crippen LogP contribution is 2.60. The van der Waals surface area contributed by atoms with Crippen molar-refractivity contribution < 1.29 is 66.7 Å². The molecule has 4 unspecified atom stereocenters. The Hall–Kier alpha value is -1.63. The minimum absolute atomic E-state index is 0.0574. The molecule has 0 saturated carbocycles. The van der Waals surface area contributed by atoms with Crippen molar-refractivity contribution in [1.29, 1.82) is 0 Å². The number of nitrogens with two attached hydrogens (primary N) is 1. The van der Waals surface area contributed by atoms with Crippen molar-refractivity contribution in [2.24, 2.45) is 0 Å². The van der Waals surface area contributed by atoms with Gasteiger partial charge in [0.05, 0.1) is 13.2 Å². The third-order valence-corrected chi connectivity index (χ3v) is 8.43. The van der Waals surface area contributed by atoms with Crippen LogP contribution in [0.2, 0.25) is 0 Å². The van der Waals surface area contributed by atoms with E-state index in [1.807, 2.05) is 0 Å². The highest BCUT2D eigenvalue weighted by molar-refractivity contribution is 7.61. The van der Waals surface area contributed by atoms with E-state index in [0.717, 1.165) is 4.57 Å². The molecule has 18 nitrogen and oxygen atoms in total. The van der Waals surface area contributed by atoms with E-state index in [9.17, 15) is 39.3 Å². The first kappa shape index (κ1) is 25.0. The zero-order chi connectivity index (χ0) is 25.3. The molecule has 2 aromatic rings. The summed E-state index contributed by atoms with van der Waals surface area (Å²) in [5.41, 5.74) is 6.40. The summed E-state index contributed by atoms with van der Waals surface area (Å²) in [6.45, 7) is -1.67. The smallest absolute Gasteiger partial charge is 0.387 e. The van der Waals surface area contributed by atoms with Crippen LogP contribution in [0.25, 0.3) is 11.2 Å². The molecule has 0 aromatic carbocycles. The number of aromatic nitrogens is 4. The Morgan fingerprint density at radius 2 is 1.54 bits per heavy atom. The number of ether oxygens (including phenoxy) is 2. The van der Waals surface area contributed by atoms with Gasteiger partial charge in [0.1, 0.15) is 43.0 Å². The van der Waals surface area contributed by atoms with Gasteiger partial charge in [0, 0.05) is 0 Å². The summed E-state index contributed by atoms with van der Waals surface area (Å²) in [6, 6.07) is 0. The molecular weight excluding hydrogens is 520 g/mol. The summed E-state index contributed by atoms with van der Waals surface area (Å²) in [7, 11) is -10.5. The Morgan fingerprint density at radius 1 is 0.943 bits per heavy atom. The van der Waals surface area contributed by atoms with Crippen molar-refractivity contribution >= 4 is 32.6 Å². The first-order valence-corrected chi connectivity index (χ1v) is 13.1. The Morgan fingerprint density at radius 3 is 2.20 bits per heavy atom. The van der Waals surface area contributed by atoms with E-state index >= 15 is 0 Å². The zero-order valence-corrected chi connectivity index (χ0v) is 19.3. The molecule has 0 amide bonds. The van der Waals surface area contributed by atoms with E-state index < -0.39 is 77.9 Å². The maximum Gasteiger partial charge on any atom is 0.481 e. The number of nitrogen functional groups attached to an aromatic ring is 1. The number of anilines is 1. The molecule has 10 atom stereocenters. The van der Waals surface area contributed by atoms with Gasteiger partial charge in [-0.25, -0.2) is 18.7 Å². The fourth-order valence-corrected chi connectivity index (χ4v) is 6.15. The quantitative estimate of drug-likeness (QED) is 0.128. The van der Waals surface area contributed by atoms with E-state index in [0.29, 0.717) is 0 Å². The van der Waals surface area contributed by atoms with Crippen molar-refractivity contribution in [2.45, 2.75) is 49.1 Å². The normalized spacial score (nSPS) is 44.6. The number of phosphoric ester groups is 2. The molecule has 2 saturated heterocycles. The first-order chi connectivity index (χ1) is 16.4. The monoisotopic (exact) mass is 542 g/mol. The Labute approximate surface area is 195 Å². The van der Waals surface area contributed by atoms with Gasteiger partial charge in [-0.05, 0) is 0 Å². The fourth-order valence-electron chi connectivity index (χ4n) is 4.06. The third-order valence-electron chi connectivity index (χ3n) is 5.83. The van der Waals surface area contributed by atoms with Crippen LogP contribution in [0.4, 0.5) is 5.82 Å². The number of hydrogen-bond donors (Lipinski definition) is 7. The van der Waals surface area contributed by atoms with Crippen molar-refractivity contribution in [3.63, 3.8) is 0 Å². The minimum Gasteiger partial charge on any atom is -0.387 e. The lowest BCUT2D eigenvalue weighted by atomic mass is 10.1. The molecule has 0 aliphatic carbocycles. The molecule has 6 heterocycles. The highest BCUT2D eigenvalue weighted by atomic mass is 31.3. The molecule has 4 aliphatic heterocycles. The van der Waals surface area contributed by atoms with Crippen LogP contribution in [-0.2, 0) is 32.0 Å². The summed E-state index contributed by atoms with van der Waals surface area (Å²) in [6.07, 6.45) is -9.37. The molecule has 8 N–H and O–H groups in total. The van der Waals surface area contributed by atoms with E-state index in [1.54, 1.807) is 0 Å². The number of aliphatic hydroxyl groups excluding tert-OH is 4. The number of nitrogens with zero attached hydrogens (tertiary/aromatic N) is 4. The van der Waals surface area contributed by atoms with E-state index in [4.69, 9.17) is 15.2 Å². The Kier molecular flexibility index (Phi) is 6.25. The molecular formula is C15H22N5O13P2+. The standard InChI is InChI=1S/C15H21N5O13P2/c16-12-7-13-18-4-19(12)14-10(23)8(21)5(31-14)1-29-34(25,26)33-35(27,28)30-2-6-9(22)11(24)15(32-6)20(13)3-17-7/h3-6,8-11,14-16,21-24H,1-2H2,(H2,25,26,27,28)/p+1/t5-,6+,8-,9+,10-,11+,14?,15?/m0/s1. The molecule has 0 radical (unpaired) electrons. The first-order valence-electron chi connectivity index (χ1n) is 10.1. The Balaban J connectivity index is 1.57. The summed E-state index contributed by atoms with van der Waals surface area (Å²) < 4.78 is 51.3. The second-order valence-corrected chi connectivity index (χ2v) is 11.1. The molecule has 2 fully saturated rings. The van der Waals surface area contributed by atoms with Gasteiger partial charge < -0.3 is 45.4 Å². The predicted molar refractivity (Wildman–Crippen MR) is 107 cm³/mol. The SMILES string of the molecule is Nc1c2ncn3c2nc[n+]1C1O[C@@H](COP(=O)(O)OP(=O)(O)OC[C@H]2OC3[C@H](O)[C@@H]2O)[C@H](O)[C@@H]1O. The molecule has 6 rings (SSSR count). The van der Waals surface area contributed by atoms with Crippen LogP contribution < -0.4 is 10.3 Å². The van der Waals surface area contributed by atoms with Crippen LogP contribution in [0.1, 0.15) is 12.5 Å². The van der Waals surface area contributed by atoms with Gasteiger partial charge in [-0.2, -0.15) is 4.31 Å². The van der Waals surface area contributed by atoms with Gasteiger partial charge in [-0.1, -0.05) is 4.98 Å². The van der Waals surface area contributed by atoms with Gasteiger partial charge in [0.25, 0.3) is 5.82 Å². The van der Waals surface area contributed by atoms with Gasteiger partial charge in [-0.3, -0.25) is 13.6 Å². The van der Waals surface area contributed by atoms with E-state index in [1.165, 1.54) is 17.2 Å². The predicted octanol–water partition coefficient (Wildman–Crippen LogP) is -3.20. The zero-order valence-electron chi connectivity index (χ0n) is 17.5. The van der Waals surface area contributed by atoms with Crippen LogP contribution in [-0.4, -0.2) is 94.6 Å². The summed E-state index contributed by atoms with van der Waals surface area (Å²) in [4.78, 5) is 28.0. The van der Waals surface area contributed by atoms with Crippen LogP contribution in [0.15, 0.2) is 12.7 Å². The van der Waals surface area contributed by atoms with Gasteiger partial charge >= 0.3 is 15.6 Å². The summed E-state index contributed by atoms with van der Waals surface area (Å²) >= 11 is 0. The van der Waals surface area contributed by atoms with Crippen LogP contribution in [0.3, 0.4) is 0 Å². The third kappa shape index (κ3) is 4.40. The molecule has 35 heavy (non-hydrogen) atoms. The van der Waals surface area contributed by atoms with Crippen LogP contribution in [0, 0.1) is 0 Å². The van der Waals surface area contributed by atoms with E-state index in [-0.39, 0.29) is 17.0 Å². The number of hydrogen-bond acceptors (Lipinski definition) is 14. The van der Waals surface area contributed by atoms with Gasteiger partial charge in [0.2, 0.25) is 18.2 Å². The summed E-state index contributed by atoms with van der Waals surface area (Å²) in [5.74, 6) is -0.0574. The molecule has 0 spiro atoms. The largest absolute Gasteiger partial charge is 0.481 e. The lowest BCUT2D eigenvalue weighted by Gasteiger charge is -2.20. The minimum atomic E-state index is -5.25. The van der Waals surface area contributed by atoms with Crippen LogP contribution >= 0.6 is 15.6 Å². The number of imidazole rings is 1. The molecule has 2 aromatic heterocycles. The maximum atomic E-state index is 12.2. The second-order valence-electron chi connectivity index (χ2n) is 8.06. The number of rotatable bonds is 0. The van der Waals surface area contributed by atoms with Crippen LogP contribution in [0.5, 0.6) is 0 Å². The fraction of sp³-hybridized carbons (Fsp3) is 0.667. The van der Waals surface area contributed by atoms with Crippen molar-refractivity contribution in [1.82, 2.24) is 14.5 Å². The molecule has 194 valence electrons. The number of fused-ring (bicyclic) bond motifs is 7.